The van der Waals surface area contributed by atoms with Gasteiger partial charge in [0.05, 0.1) is 13.7 Å². The summed E-state index contributed by atoms with van der Waals surface area (Å²) < 4.78 is 5.30. The average molecular weight is 234 g/mol. The summed E-state index contributed by atoms with van der Waals surface area (Å²) in [6.45, 7) is 2.79. The molecule has 0 spiro atoms. The first-order valence-electron chi connectivity index (χ1n) is 5.91. The predicted octanol–water partition coefficient (Wildman–Crippen LogP) is 1.02. The Morgan fingerprint density at radius 3 is 3.06 bits per heavy atom. The molecule has 1 fully saturated rings. The van der Waals surface area contributed by atoms with Crippen LogP contribution >= 0.6 is 0 Å². The highest BCUT2D eigenvalue weighted by Gasteiger charge is 2.17. The Morgan fingerprint density at radius 2 is 2.24 bits per heavy atom. The van der Waals surface area contributed by atoms with Crippen LogP contribution in [0.2, 0.25) is 0 Å². The number of nitrogens with zero attached hydrogens (tertiary/aromatic N) is 1. The quantitative estimate of drug-likeness (QED) is 0.849. The minimum absolute atomic E-state index is 0.161. The Balaban J connectivity index is 2.10. The normalized spacial score (nSPS) is 16.8. The van der Waals surface area contributed by atoms with Crippen molar-refractivity contribution < 1.29 is 9.53 Å². The molecule has 1 aromatic carbocycles. The number of carbonyl (C=O) groups excluding carboxylic acids is 1. The number of benzene rings is 1. The van der Waals surface area contributed by atoms with E-state index in [-0.39, 0.29) is 5.91 Å². The summed E-state index contributed by atoms with van der Waals surface area (Å²) in [4.78, 5) is 13.7. The van der Waals surface area contributed by atoms with E-state index < -0.39 is 0 Å². The molecular formula is C13H18N2O2. The van der Waals surface area contributed by atoms with Crippen molar-refractivity contribution in [3.63, 3.8) is 0 Å². The van der Waals surface area contributed by atoms with Gasteiger partial charge in [0.1, 0.15) is 5.75 Å². The smallest absolute Gasteiger partial charge is 0.236 e. The van der Waals surface area contributed by atoms with Crippen LogP contribution in [0.1, 0.15) is 12.0 Å². The molecule has 0 unspecified atom stereocenters. The van der Waals surface area contributed by atoms with Gasteiger partial charge in [0.2, 0.25) is 5.91 Å². The lowest BCUT2D eigenvalue weighted by atomic mass is 10.2. The van der Waals surface area contributed by atoms with Gasteiger partial charge < -0.3 is 15.0 Å². The fraction of sp³-hybridized carbons (Fsp3) is 0.462. The molecule has 17 heavy (non-hydrogen) atoms. The predicted molar refractivity (Wildman–Crippen MR) is 65.9 cm³/mol. The Hall–Kier alpha value is -1.55. The molecule has 1 heterocycles. The summed E-state index contributed by atoms with van der Waals surface area (Å²) in [6, 6.07) is 7.84. The topological polar surface area (TPSA) is 41.6 Å². The molecule has 1 saturated heterocycles. The van der Waals surface area contributed by atoms with Gasteiger partial charge in [-0.15, -0.1) is 0 Å². The van der Waals surface area contributed by atoms with Crippen molar-refractivity contribution in [2.45, 2.75) is 13.0 Å². The van der Waals surface area contributed by atoms with Crippen LogP contribution in [0.5, 0.6) is 5.75 Å². The third-order valence-electron chi connectivity index (χ3n) is 2.96. The fourth-order valence-corrected chi connectivity index (χ4v) is 2.03. The number of amides is 1. The summed E-state index contributed by atoms with van der Waals surface area (Å²) in [5.74, 6) is 1.01. The van der Waals surface area contributed by atoms with E-state index in [0.29, 0.717) is 13.1 Å². The maximum atomic E-state index is 11.8. The second-order valence-electron chi connectivity index (χ2n) is 4.16. The van der Waals surface area contributed by atoms with Crippen LogP contribution in [0.15, 0.2) is 24.3 Å². The van der Waals surface area contributed by atoms with Crippen LogP contribution < -0.4 is 10.1 Å². The number of hydrogen-bond donors (Lipinski definition) is 1. The highest BCUT2D eigenvalue weighted by Crippen LogP contribution is 2.19. The maximum Gasteiger partial charge on any atom is 0.236 e. The molecular weight excluding hydrogens is 216 g/mol. The molecule has 4 heteroatoms. The lowest BCUT2D eigenvalue weighted by molar-refractivity contribution is -0.130. The molecule has 4 nitrogen and oxygen atoms in total. The maximum absolute atomic E-state index is 11.8. The molecule has 0 bridgehead atoms. The highest BCUT2D eigenvalue weighted by molar-refractivity contribution is 5.78. The molecule has 92 valence electrons. The van der Waals surface area contributed by atoms with Crippen LogP contribution in [0.4, 0.5) is 0 Å². The van der Waals surface area contributed by atoms with Gasteiger partial charge in [0.25, 0.3) is 0 Å². The minimum Gasteiger partial charge on any atom is -0.496 e. The zero-order valence-corrected chi connectivity index (χ0v) is 10.1. The van der Waals surface area contributed by atoms with Crippen LogP contribution in [0, 0.1) is 0 Å². The van der Waals surface area contributed by atoms with E-state index in [0.717, 1.165) is 30.8 Å². The summed E-state index contributed by atoms with van der Waals surface area (Å²) in [6.07, 6.45) is 1.00. The molecule has 1 N–H and O–H groups in total. The summed E-state index contributed by atoms with van der Waals surface area (Å²) in [7, 11) is 1.66. The van der Waals surface area contributed by atoms with E-state index in [4.69, 9.17) is 4.74 Å². The van der Waals surface area contributed by atoms with Gasteiger partial charge in [-0.2, -0.15) is 0 Å². The minimum atomic E-state index is 0.161. The standard InChI is InChI=1S/C13H18N2O2/c1-17-12-6-3-2-5-11(12)10-15-8-4-7-14-9-13(15)16/h2-3,5-6,14H,4,7-10H2,1H3. The number of ether oxygens (including phenoxy) is 1. The molecule has 0 atom stereocenters. The van der Waals surface area contributed by atoms with E-state index >= 15 is 0 Å². The highest BCUT2D eigenvalue weighted by atomic mass is 16.5. The van der Waals surface area contributed by atoms with Gasteiger partial charge in [0, 0.05) is 18.7 Å². The Labute approximate surface area is 102 Å². The van der Waals surface area contributed by atoms with Crippen molar-refractivity contribution in [3.8, 4) is 5.75 Å². The third-order valence-corrected chi connectivity index (χ3v) is 2.96. The molecule has 0 saturated carbocycles. The summed E-state index contributed by atoms with van der Waals surface area (Å²) in [5, 5.41) is 3.12. The van der Waals surface area contributed by atoms with Gasteiger partial charge in [-0.25, -0.2) is 0 Å². The second-order valence-corrected chi connectivity index (χ2v) is 4.16. The number of hydrogen-bond acceptors (Lipinski definition) is 3. The average Bonchev–Trinajstić information content (AvgIpc) is 2.56. The molecule has 1 aromatic rings. The first-order valence-corrected chi connectivity index (χ1v) is 5.91. The zero-order chi connectivity index (χ0) is 12.1. The summed E-state index contributed by atoms with van der Waals surface area (Å²) >= 11 is 0. The van der Waals surface area contributed by atoms with E-state index in [1.54, 1.807) is 7.11 Å². The largest absolute Gasteiger partial charge is 0.496 e. The van der Waals surface area contributed by atoms with Gasteiger partial charge >= 0.3 is 0 Å². The first kappa shape index (κ1) is 11.9. The Bertz CT molecular complexity index is 393. The van der Waals surface area contributed by atoms with E-state index in [1.807, 2.05) is 29.2 Å². The van der Waals surface area contributed by atoms with Crippen molar-refractivity contribution in [1.29, 1.82) is 0 Å². The lowest BCUT2D eigenvalue weighted by Gasteiger charge is -2.21. The SMILES string of the molecule is COc1ccccc1CN1CCCNCC1=O. The van der Waals surface area contributed by atoms with E-state index in [2.05, 4.69) is 5.32 Å². The number of methoxy groups -OCH3 is 1. The van der Waals surface area contributed by atoms with E-state index in [9.17, 15) is 4.79 Å². The molecule has 1 aliphatic heterocycles. The Kier molecular flexibility index (Phi) is 3.98. The third kappa shape index (κ3) is 2.97. The molecule has 0 aromatic heterocycles. The zero-order valence-electron chi connectivity index (χ0n) is 10.1. The molecule has 0 radical (unpaired) electrons. The van der Waals surface area contributed by atoms with E-state index in [1.165, 1.54) is 0 Å². The molecule has 1 amide bonds. The number of carbonyl (C=O) groups is 1. The monoisotopic (exact) mass is 234 g/mol. The van der Waals surface area contributed by atoms with Crippen molar-refractivity contribution in [2.24, 2.45) is 0 Å². The number of nitrogens with one attached hydrogen (secondary N) is 1. The van der Waals surface area contributed by atoms with Gasteiger partial charge in [-0.1, -0.05) is 18.2 Å². The Morgan fingerprint density at radius 1 is 1.41 bits per heavy atom. The van der Waals surface area contributed by atoms with Crippen LogP contribution in [-0.4, -0.2) is 37.6 Å². The van der Waals surface area contributed by atoms with Crippen LogP contribution in [0.3, 0.4) is 0 Å². The van der Waals surface area contributed by atoms with Crippen molar-refractivity contribution >= 4 is 5.91 Å². The van der Waals surface area contributed by atoms with Gasteiger partial charge in [0.15, 0.2) is 0 Å². The fourth-order valence-electron chi connectivity index (χ4n) is 2.03. The molecule has 2 rings (SSSR count). The molecule has 0 aliphatic carbocycles. The van der Waals surface area contributed by atoms with Crippen molar-refractivity contribution in [2.75, 3.05) is 26.7 Å². The summed E-state index contributed by atoms with van der Waals surface area (Å²) in [5.41, 5.74) is 1.06. The van der Waals surface area contributed by atoms with Crippen LogP contribution in [0.25, 0.3) is 0 Å². The van der Waals surface area contributed by atoms with Gasteiger partial charge in [-0.05, 0) is 19.0 Å². The van der Waals surface area contributed by atoms with Crippen molar-refractivity contribution in [1.82, 2.24) is 10.2 Å². The van der Waals surface area contributed by atoms with Gasteiger partial charge in [-0.3, -0.25) is 4.79 Å². The second kappa shape index (κ2) is 5.68. The number of rotatable bonds is 3. The molecule has 1 aliphatic rings. The lowest BCUT2D eigenvalue weighted by Crippen LogP contribution is -2.34. The van der Waals surface area contributed by atoms with Crippen LogP contribution in [-0.2, 0) is 11.3 Å². The van der Waals surface area contributed by atoms with Crippen molar-refractivity contribution in [3.05, 3.63) is 29.8 Å². The first-order chi connectivity index (χ1) is 8.31. The number of para-hydroxylation sites is 1.